The third kappa shape index (κ3) is 3.19. The second kappa shape index (κ2) is 6.27. The maximum atomic E-state index is 12.1. The molecule has 0 aliphatic rings. The normalized spacial score (nSPS) is 10.8. The highest BCUT2D eigenvalue weighted by molar-refractivity contribution is 5.80. The Hall–Kier alpha value is -2.25. The lowest BCUT2D eigenvalue weighted by Crippen LogP contribution is -2.42. The molecule has 0 aliphatic heterocycles. The number of hydrogen-bond donors (Lipinski definition) is 0. The minimum Gasteiger partial charge on any atom is -0.297 e. The van der Waals surface area contributed by atoms with Gasteiger partial charge in [-0.05, 0) is 6.42 Å². The van der Waals surface area contributed by atoms with Crippen LogP contribution in [0.3, 0.4) is 0 Å². The van der Waals surface area contributed by atoms with Crippen molar-refractivity contribution in [3.8, 4) is 0 Å². The minimum absolute atomic E-state index is 0.246. The van der Waals surface area contributed by atoms with Crippen molar-refractivity contribution in [1.29, 1.82) is 0 Å². The Morgan fingerprint density at radius 2 is 2.00 bits per heavy atom. The average molecular weight is 283 g/mol. The smallest absolute Gasteiger partial charge is 0.297 e. The van der Waals surface area contributed by atoms with Crippen molar-refractivity contribution in [1.82, 2.24) is 9.13 Å². The van der Waals surface area contributed by atoms with Gasteiger partial charge < -0.3 is 0 Å². The van der Waals surface area contributed by atoms with E-state index in [2.05, 4.69) is 0 Å². The Bertz CT molecular complexity index is 641. The van der Waals surface area contributed by atoms with E-state index in [0.29, 0.717) is 11.0 Å². The van der Waals surface area contributed by atoms with Crippen LogP contribution in [-0.4, -0.2) is 19.8 Å². The molecule has 1 heterocycles. The first kappa shape index (κ1) is 15.8. The first-order valence-corrected chi connectivity index (χ1v) is 6.31. The van der Waals surface area contributed by atoms with E-state index in [0.717, 1.165) is 10.8 Å². The number of aromatic nitrogens is 2. The van der Waals surface area contributed by atoms with Crippen LogP contribution in [0.5, 0.6) is 0 Å². The molecule has 1 rings (SSSR count). The van der Waals surface area contributed by atoms with Crippen molar-refractivity contribution in [2.24, 2.45) is 5.92 Å². The molecule has 0 atom stereocenters. The predicted molar refractivity (Wildman–Crippen MR) is 71.8 cm³/mol. The summed E-state index contributed by atoms with van der Waals surface area (Å²) in [5.74, 6) is -0.687. The van der Waals surface area contributed by atoms with E-state index in [1.165, 1.54) is 0 Å². The molecule has 0 saturated heterocycles. The zero-order valence-corrected chi connectivity index (χ0v) is 11.7. The first-order chi connectivity index (χ1) is 9.29. The molecule has 0 saturated carbocycles. The van der Waals surface area contributed by atoms with Crippen molar-refractivity contribution in [3.63, 3.8) is 0 Å². The van der Waals surface area contributed by atoms with Crippen molar-refractivity contribution in [3.05, 3.63) is 37.1 Å². The van der Waals surface area contributed by atoms with E-state index in [4.69, 9.17) is 0 Å². The third-order valence-electron chi connectivity index (χ3n) is 2.84. The topological polar surface area (TPSA) is 104 Å². The Morgan fingerprint density at radius 3 is 2.45 bits per heavy atom. The highest BCUT2D eigenvalue weighted by atomic mass is 16.6. The van der Waals surface area contributed by atoms with Gasteiger partial charge in [0.05, 0.1) is 17.7 Å². The number of carbonyl (C=O) groups excluding carboxylic acids is 1. The second-order valence-electron chi connectivity index (χ2n) is 4.76. The molecular weight excluding hydrogens is 266 g/mol. The molecule has 0 fully saturated rings. The van der Waals surface area contributed by atoms with Crippen LogP contribution < -0.4 is 11.2 Å². The zero-order chi connectivity index (χ0) is 15.4. The number of Topliss-reactive ketones (excluding diaryl/α,β-unsaturated/α-hetero) is 1. The number of rotatable bonds is 6. The molecule has 0 aromatic carbocycles. The van der Waals surface area contributed by atoms with Crippen molar-refractivity contribution < 1.29 is 9.72 Å². The molecule has 20 heavy (non-hydrogen) atoms. The molecule has 8 heteroatoms. The Kier molecular flexibility index (Phi) is 4.95. The highest BCUT2D eigenvalue weighted by Gasteiger charge is 2.21. The summed E-state index contributed by atoms with van der Waals surface area (Å²) < 4.78 is 1.73. The summed E-state index contributed by atoms with van der Waals surface area (Å²) in [7, 11) is 0. The lowest BCUT2D eigenvalue weighted by Gasteiger charge is -2.10. The van der Waals surface area contributed by atoms with Gasteiger partial charge >= 0.3 is 16.9 Å². The van der Waals surface area contributed by atoms with Gasteiger partial charge in [-0.15, -0.1) is 0 Å². The van der Waals surface area contributed by atoms with Gasteiger partial charge in [-0.25, -0.2) is 9.36 Å². The number of hydrogen-bond acceptors (Lipinski definition) is 5. The van der Waals surface area contributed by atoms with Gasteiger partial charge in [0, 0.05) is 12.5 Å². The fourth-order valence-corrected chi connectivity index (χ4v) is 1.64. The molecule has 1 aromatic rings. The Morgan fingerprint density at radius 1 is 1.40 bits per heavy atom. The molecule has 0 unspecified atom stereocenters. The molecule has 110 valence electrons. The van der Waals surface area contributed by atoms with Crippen molar-refractivity contribution in [2.75, 3.05) is 0 Å². The maximum absolute atomic E-state index is 12.1. The van der Waals surface area contributed by atoms with Gasteiger partial charge in [-0.1, -0.05) is 20.8 Å². The highest BCUT2D eigenvalue weighted by Crippen LogP contribution is 2.02. The van der Waals surface area contributed by atoms with Gasteiger partial charge in [0.15, 0.2) is 5.78 Å². The largest absolute Gasteiger partial charge is 0.350 e. The first-order valence-electron chi connectivity index (χ1n) is 6.31. The summed E-state index contributed by atoms with van der Waals surface area (Å²) in [5.41, 5.74) is -2.44. The molecule has 0 amide bonds. The second-order valence-corrected chi connectivity index (χ2v) is 4.76. The Balaban J connectivity index is 3.48. The lowest BCUT2D eigenvalue weighted by atomic mass is 10.1. The summed E-state index contributed by atoms with van der Waals surface area (Å²) in [6, 6.07) is 0. The predicted octanol–water partition coefficient (Wildman–Crippen LogP) is 0.553. The Labute approximate surface area is 114 Å². The average Bonchev–Trinajstić information content (AvgIpc) is 2.37. The van der Waals surface area contributed by atoms with Crippen LogP contribution in [0, 0.1) is 16.0 Å². The van der Waals surface area contributed by atoms with Crippen LogP contribution in [0.4, 0.5) is 5.69 Å². The van der Waals surface area contributed by atoms with E-state index in [1.54, 1.807) is 20.8 Å². The summed E-state index contributed by atoms with van der Waals surface area (Å²) in [4.78, 5) is 45.7. The number of ketones is 1. The van der Waals surface area contributed by atoms with Gasteiger partial charge in [0.2, 0.25) is 0 Å². The van der Waals surface area contributed by atoms with Crippen molar-refractivity contribution >= 4 is 11.5 Å². The summed E-state index contributed by atoms with van der Waals surface area (Å²) in [6.45, 7) is 4.87. The number of nitrogens with zero attached hydrogens (tertiary/aromatic N) is 3. The molecular formula is C12H17N3O5. The molecule has 1 aromatic heterocycles. The summed E-state index contributed by atoms with van der Waals surface area (Å²) in [6.07, 6.45) is 1.51. The van der Waals surface area contributed by atoms with E-state index in [1.807, 2.05) is 0 Å². The SMILES string of the molecule is CCCn1cc([N+](=O)[O-])c(=O)n(CC(=O)C(C)C)c1=O. The van der Waals surface area contributed by atoms with Crippen LogP contribution in [0.25, 0.3) is 0 Å². The molecule has 0 N–H and O–H groups in total. The van der Waals surface area contributed by atoms with E-state index in [-0.39, 0.29) is 18.2 Å². The standard InChI is InChI=1S/C12H17N3O5/c1-4-5-13-6-9(15(19)20)11(17)14(12(13)18)7-10(16)8(2)3/h6,8H,4-5,7H2,1-3H3. The molecule has 0 spiro atoms. The van der Waals surface area contributed by atoms with Gasteiger partial charge in [0.25, 0.3) is 0 Å². The van der Waals surface area contributed by atoms with Gasteiger partial charge in [0.1, 0.15) is 0 Å². The molecule has 0 bridgehead atoms. The molecule has 0 radical (unpaired) electrons. The van der Waals surface area contributed by atoms with Crippen molar-refractivity contribution in [2.45, 2.75) is 40.3 Å². The fourth-order valence-electron chi connectivity index (χ4n) is 1.64. The molecule has 0 aliphatic carbocycles. The summed E-state index contributed by atoms with van der Waals surface area (Å²) in [5, 5.41) is 10.9. The fraction of sp³-hybridized carbons (Fsp3) is 0.583. The van der Waals surface area contributed by atoms with Crippen LogP contribution in [0.15, 0.2) is 15.8 Å². The van der Waals surface area contributed by atoms with Gasteiger partial charge in [-0.3, -0.25) is 24.3 Å². The van der Waals surface area contributed by atoms with Crippen LogP contribution in [0.2, 0.25) is 0 Å². The van der Waals surface area contributed by atoms with Gasteiger partial charge in [-0.2, -0.15) is 0 Å². The third-order valence-corrected chi connectivity index (χ3v) is 2.84. The zero-order valence-electron chi connectivity index (χ0n) is 11.7. The van der Waals surface area contributed by atoms with E-state index >= 15 is 0 Å². The minimum atomic E-state index is -1.04. The van der Waals surface area contributed by atoms with E-state index in [9.17, 15) is 24.5 Å². The lowest BCUT2D eigenvalue weighted by molar-refractivity contribution is -0.387. The number of aryl methyl sites for hydroxylation is 1. The van der Waals surface area contributed by atoms with Crippen LogP contribution >= 0.6 is 0 Å². The maximum Gasteiger partial charge on any atom is 0.350 e. The van der Waals surface area contributed by atoms with Crippen LogP contribution in [-0.2, 0) is 17.9 Å². The number of nitro groups is 1. The quantitative estimate of drug-likeness (QED) is 0.560. The summed E-state index contributed by atoms with van der Waals surface area (Å²) >= 11 is 0. The number of carbonyl (C=O) groups is 1. The van der Waals surface area contributed by atoms with Crippen LogP contribution in [0.1, 0.15) is 27.2 Å². The molecule has 8 nitrogen and oxygen atoms in total. The monoisotopic (exact) mass is 283 g/mol. The van der Waals surface area contributed by atoms with E-state index < -0.39 is 28.4 Å².